The summed E-state index contributed by atoms with van der Waals surface area (Å²) in [6.07, 6.45) is 1.83. The van der Waals surface area contributed by atoms with Crippen molar-refractivity contribution < 1.29 is 14.3 Å². The van der Waals surface area contributed by atoms with Gasteiger partial charge in [0.15, 0.2) is 12.6 Å². The van der Waals surface area contributed by atoms with Crippen LogP contribution in [-0.2, 0) is 16.0 Å². The highest BCUT2D eigenvalue weighted by Crippen LogP contribution is 2.15. The summed E-state index contributed by atoms with van der Waals surface area (Å²) in [5.41, 5.74) is 7.42. The van der Waals surface area contributed by atoms with E-state index in [1.54, 1.807) is 7.05 Å². The van der Waals surface area contributed by atoms with E-state index in [-0.39, 0.29) is 36.7 Å². The van der Waals surface area contributed by atoms with Crippen molar-refractivity contribution in [3.05, 3.63) is 65.7 Å². The highest BCUT2D eigenvalue weighted by Gasteiger charge is 2.04. The Balaban J connectivity index is 0.00000480. The first-order valence-corrected chi connectivity index (χ1v) is 10.2. The Morgan fingerprint density at radius 1 is 1.06 bits per heavy atom. The maximum atomic E-state index is 10.7. The van der Waals surface area contributed by atoms with Gasteiger partial charge in [0.1, 0.15) is 5.75 Å². The van der Waals surface area contributed by atoms with Gasteiger partial charge in [-0.15, -0.1) is 24.0 Å². The van der Waals surface area contributed by atoms with E-state index in [1.165, 1.54) is 5.56 Å². The molecule has 0 heterocycles. The first-order valence-electron chi connectivity index (χ1n) is 10.2. The number of benzene rings is 2. The summed E-state index contributed by atoms with van der Waals surface area (Å²) in [7, 11) is 1.76. The zero-order chi connectivity index (χ0) is 21.6. The Hall–Kier alpha value is -2.33. The second-order valence-corrected chi connectivity index (χ2v) is 6.85. The number of ether oxygens (including phenoxy) is 2. The topological polar surface area (TPSA) is 98.0 Å². The summed E-state index contributed by atoms with van der Waals surface area (Å²) < 4.78 is 11.1. The van der Waals surface area contributed by atoms with Crippen molar-refractivity contribution in [2.75, 3.05) is 33.4 Å². The summed E-state index contributed by atoms with van der Waals surface area (Å²) >= 11 is 0. The zero-order valence-electron chi connectivity index (χ0n) is 18.2. The number of halogens is 1. The van der Waals surface area contributed by atoms with Gasteiger partial charge in [-0.2, -0.15) is 0 Å². The van der Waals surface area contributed by atoms with E-state index < -0.39 is 5.91 Å². The molecule has 170 valence electrons. The fourth-order valence-corrected chi connectivity index (χ4v) is 2.81. The van der Waals surface area contributed by atoms with Gasteiger partial charge in [-0.1, -0.05) is 42.5 Å². The predicted octanol–water partition coefficient (Wildman–Crippen LogP) is 3.04. The van der Waals surface area contributed by atoms with Gasteiger partial charge >= 0.3 is 0 Å². The number of nitrogens with zero attached hydrogens (tertiary/aromatic N) is 1. The Kier molecular flexibility index (Phi) is 13.3. The number of nitrogens with one attached hydrogen (secondary N) is 2. The van der Waals surface area contributed by atoms with Crippen LogP contribution in [-0.4, -0.2) is 45.2 Å². The number of aliphatic imine (C=N–C) groups is 1. The molecule has 2 aromatic carbocycles. The molecule has 7 nitrogen and oxygen atoms in total. The van der Waals surface area contributed by atoms with Crippen LogP contribution < -0.4 is 21.1 Å². The third kappa shape index (κ3) is 11.0. The van der Waals surface area contributed by atoms with E-state index in [2.05, 4.69) is 34.7 Å². The Morgan fingerprint density at radius 2 is 1.74 bits per heavy atom. The first-order chi connectivity index (χ1) is 14.6. The molecule has 0 fully saturated rings. The molecule has 0 saturated carbocycles. The minimum atomic E-state index is -0.487. The van der Waals surface area contributed by atoms with E-state index in [0.29, 0.717) is 12.4 Å². The van der Waals surface area contributed by atoms with Crippen molar-refractivity contribution in [3.63, 3.8) is 0 Å². The van der Waals surface area contributed by atoms with Crippen molar-refractivity contribution in [3.8, 4) is 5.75 Å². The lowest BCUT2D eigenvalue weighted by Crippen LogP contribution is -2.39. The van der Waals surface area contributed by atoms with Crippen LogP contribution in [0.2, 0.25) is 0 Å². The average Bonchev–Trinajstić information content (AvgIpc) is 2.77. The van der Waals surface area contributed by atoms with Gasteiger partial charge in [-0.3, -0.25) is 9.79 Å². The molecule has 8 heteroatoms. The van der Waals surface area contributed by atoms with Crippen molar-refractivity contribution in [1.29, 1.82) is 0 Å². The fourth-order valence-electron chi connectivity index (χ4n) is 2.81. The molecule has 0 aliphatic heterocycles. The number of amides is 1. The van der Waals surface area contributed by atoms with Crippen molar-refractivity contribution in [2.45, 2.75) is 25.9 Å². The average molecular weight is 540 g/mol. The first kappa shape index (κ1) is 26.7. The van der Waals surface area contributed by atoms with Crippen LogP contribution in [0.4, 0.5) is 0 Å². The molecular formula is C23H33IN4O3. The summed E-state index contributed by atoms with van der Waals surface area (Å²) in [5.74, 6) is 0.915. The second kappa shape index (κ2) is 15.5. The lowest BCUT2D eigenvalue weighted by Gasteiger charge is -2.15. The highest BCUT2D eigenvalue weighted by atomic mass is 127. The molecule has 0 aliphatic carbocycles. The molecule has 4 N–H and O–H groups in total. The summed E-state index contributed by atoms with van der Waals surface area (Å²) in [5, 5.41) is 6.60. The van der Waals surface area contributed by atoms with Gasteiger partial charge in [0.25, 0.3) is 5.91 Å². The molecule has 1 unspecified atom stereocenters. The molecule has 2 aromatic rings. The standard InChI is InChI=1S/C23H32N4O3.HI/c1-18(20-7-4-3-5-8-20)29-16-6-14-26-23(25-2)27-15-13-19-9-11-21(12-10-19)30-17-22(24)28;/h3-5,7-12,18H,6,13-17H2,1-2H3,(H2,24,28)(H2,25,26,27);1H. The lowest BCUT2D eigenvalue weighted by molar-refractivity contribution is -0.119. The highest BCUT2D eigenvalue weighted by molar-refractivity contribution is 14.0. The van der Waals surface area contributed by atoms with Gasteiger partial charge < -0.3 is 25.8 Å². The summed E-state index contributed by atoms with van der Waals surface area (Å²) in [6.45, 7) is 4.18. The SMILES string of the molecule is CN=C(NCCCOC(C)c1ccccc1)NCCc1ccc(OCC(N)=O)cc1.I. The molecule has 0 radical (unpaired) electrons. The van der Waals surface area contributed by atoms with Crippen molar-refractivity contribution in [1.82, 2.24) is 10.6 Å². The fraction of sp³-hybridized carbons (Fsp3) is 0.391. The van der Waals surface area contributed by atoms with Crippen LogP contribution in [0.3, 0.4) is 0 Å². The van der Waals surface area contributed by atoms with E-state index in [1.807, 2.05) is 42.5 Å². The van der Waals surface area contributed by atoms with Gasteiger partial charge in [0, 0.05) is 26.7 Å². The number of rotatable bonds is 12. The minimum Gasteiger partial charge on any atom is -0.484 e. The van der Waals surface area contributed by atoms with Crippen LogP contribution in [0.5, 0.6) is 5.75 Å². The third-order valence-electron chi connectivity index (χ3n) is 4.48. The smallest absolute Gasteiger partial charge is 0.255 e. The molecule has 0 aromatic heterocycles. The van der Waals surface area contributed by atoms with Crippen LogP contribution in [0.25, 0.3) is 0 Å². The summed E-state index contributed by atoms with van der Waals surface area (Å²) in [6, 6.07) is 17.8. The Morgan fingerprint density at radius 3 is 2.39 bits per heavy atom. The largest absolute Gasteiger partial charge is 0.484 e. The summed E-state index contributed by atoms with van der Waals surface area (Å²) in [4.78, 5) is 15.0. The van der Waals surface area contributed by atoms with Crippen molar-refractivity contribution >= 4 is 35.8 Å². The number of carbonyl (C=O) groups excluding carboxylic acids is 1. The molecule has 2 rings (SSSR count). The van der Waals surface area contributed by atoms with Crippen LogP contribution >= 0.6 is 24.0 Å². The van der Waals surface area contributed by atoms with E-state index in [4.69, 9.17) is 15.2 Å². The number of nitrogens with two attached hydrogens (primary N) is 1. The number of hydrogen-bond donors (Lipinski definition) is 3. The number of carbonyl (C=O) groups is 1. The zero-order valence-corrected chi connectivity index (χ0v) is 20.5. The third-order valence-corrected chi connectivity index (χ3v) is 4.48. The van der Waals surface area contributed by atoms with Gasteiger partial charge in [0.05, 0.1) is 6.10 Å². The second-order valence-electron chi connectivity index (χ2n) is 6.85. The minimum absolute atomic E-state index is 0. The monoisotopic (exact) mass is 540 g/mol. The molecule has 1 atom stereocenters. The normalized spacial score (nSPS) is 11.9. The van der Waals surface area contributed by atoms with Crippen LogP contribution in [0.1, 0.15) is 30.6 Å². The molecule has 1 amide bonds. The van der Waals surface area contributed by atoms with Crippen molar-refractivity contribution in [2.24, 2.45) is 10.7 Å². The van der Waals surface area contributed by atoms with Gasteiger partial charge in [-0.05, 0) is 43.0 Å². The quantitative estimate of drug-likeness (QED) is 0.167. The Labute approximate surface area is 201 Å². The number of hydrogen-bond acceptors (Lipinski definition) is 4. The molecule has 0 spiro atoms. The lowest BCUT2D eigenvalue weighted by atomic mass is 10.1. The number of primary amides is 1. The van der Waals surface area contributed by atoms with Crippen LogP contribution in [0.15, 0.2) is 59.6 Å². The van der Waals surface area contributed by atoms with E-state index >= 15 is 0 Å². The van der Waals surface area contributed by atoms with E-state index in [0.717, 1.165) is 37.5 Å². The molecule has 0 saturated heterocycles. The maximum absolute atomic E-state index is 10.7. The maximum Gasteiger partial charge on any atom is 0.255 e. The van der Waals surface area contributed by atoms with Crippen LogP contribution in [0, 0.1) is 0 Å². The van der Waals surface area contributed by atoms with Gasteiger partial charge in [-0.25, -0.2) is 0 Å². The predicted molar refractivity (Wildman–Crippen MR) is 135 cm³/mol. The molecule has 31 heavy (non-hydrogen) atoms. The molecular weight excluding hydrogens is 507 g/mol. The molecule has 0 aliphatic rings. The Bertz CT molecular complexity index is 785. The molecule has 0 bridgehead atoms. The van der Waals surface area contributed by atoms with E-state index in [9.17, 15) is 4.79 Å². The number of guanidine groups is 1. The van der Waals surface area contributed by atoms with Gasteiger partial charge in [0.2, 0.25) is 0 Å².